The number of benzene rings is 3. The van der Waals surface area contributed by atoms with Gasteiger partial charge in [0.15, 0.2) is 0 Å². The zero-order valence-electron chi connectivity index (χ0n) is 23.1. The number of nitrogens with one attached hydrogen (secondary N) is 2. The molecule has 1 unspecified atom stereocenters. The van der Waals surface area contributed by atoms with Crippen molar-refractivity contribution in [3.05, 3.63) is 95.6 Å². The lowest BCUT2D eigenvalue weighted by molar-refractivity contribution is -0.141. The van der Waals surface area contributed by atoms with Gasteiger partial charge >= 0.3 is 0 Å². The number of methoxy groups -OCH3 is 2. The van der Waals surface area contributed by atoms with Crippen molar-refractivity contribution in [3.63, 3.8) is 0 Å². The van der Waals surface area contributed by atoms with Crippen LogP contribution in [0.4, 0.5) is 0 Å². The summed E-state index contributed by atoms with van der Waals surface area (Å²) in [6.07, 6.45) is 0.510. The van der Waals surface area contributed by atoms with Crippen LogP contribution in [0.5, 0.6) is 5.75 Å². The maximum atomic E-state index is 13.8. The molecule has 0 aliphatic carbocycles. The molecule has 0 spiro atoms. The Balaban J connectivity index is 1.88. The normalized spacial score (nSPS) is 12.0. The summed E-state index contributed by atoms with van der Waals surface area (Å²) in [5.74, 6) is 0.178. The molecule has 2 amide bonds. The maximum Gasteiger partial charge on any atom is 0.247 e. The summed E-state index contributed by atoms with van der Waals surface area (Å²) in [7, 11) is -0.416. The molecule has 0 saturated carbocycles. The van der Waals surface area contributed by atoms with Gasteiger partial charge in [-0.15, -0.1) is 0 Å². The fraction of sp³-hybridized carbons (Fsp3) is 0.333. The van der Waals surface area contributed by atoms with E-state index < -0.39 is 16.1 Å². The van der Waals surface area contributed by atoms with E-state index >= 15 is 0 Å². The molecule has 3 aromatic carbocycles. The molecule has 10 heteroatoms. The third-order valence-electron chi connectivity index (χ3n) is 6.31. The molecule has 9 nitrogen and oxygen atoms in total. The van der Waals surface area contributed by atoms with Crippen LogP contribution in [0, 0.1) is 0 Å². The Bertz CT molecular complexity index is 1330. The molecule has 214 valence electrons. The van der Waals surface area contributed by atoms with Crippen molar-refractivity contribution in [1.29, 1.82) is 0 Å². The summed E-state index contributed by atoms with van der Waals surface area (Å²) in [4.78, 5) is 29.0. The molecule has 1 atom stereocenters. The number of ether oxygens (including phenoxy) is 2. The molecule has 2 N–H and O–H groups in total. The Kier molecular flexibility index (Phi) is 11.7. The quantitative estimate of drug-likeness (QED) is 0.272. The number of aryl methyl sites for hydroxylation is 1. The monoisotopic (exact) mass is 567 g/mol. The van der Waals surface area contributed by atoms with Crippen LogP contribution in [0.3, 0.4) is 0 Å². The van der Waals surface area contributed by atoms with Crippen molar-refractivity contribution in [2.45, 2.75) is 37.2 Å². The van der Waals surface area contributed by atoms with E-state index in [9.17, 15) is 18.0 Å². The van der Waals surface area contributed by atoms with Gasteiger partial charge in [-0.2, -0.15) is 0 Å². The average molecular weight is 568 g/mol. The standard InChI is InChI=1S/C30H37N3O6S/c1-4-32-40(36,37)27-17-12-23(13-18-27)14-19-28(34)33(22-24-10-15-26(39-3)16-11-24)29(25-8-6-5-7-9-25)30(35)31-20-21-38-2/h5-13,15-18,29,32H,4,14,19-22H2,1-3H3,(H,31,35). The van der Waals surface area contributed by atoms with Gasteiger partial charge in [0.25, 0.3) is 0 Å². The number of nitrogens with zero attached hydrogens (tertiary/aromatic N) is 1. The van der Waals surface area contributed by atoms with Gasteiger partial charge in [-0.05, 0) is 47.4 Å². The largest absolute Gasteiger partial charge is 0.497 e. The maximum absolute atomic E-state index is 13.8. The van der Waals surface area contributed by atoms with Gasteiger partial charge in [-0.3, -0.25) is 9.59 Å². The second kappa shape index (κ2) is 15.2. The van der Waals surface area contributed by atoms with Crippen LogP contribution >= 0.6 is 0 Å². The summed E-state index contributed by atoms with van der Waals surface area (Å²) in [5, 5.41) is 2.89. The lowest BCUT2D eigenvalue weighted by Crippen LogP contribution is -2.44. The summed E-state index contributed by atoms with van der Waals surface area (Å²) in [6, 6.07) is 22.2. The number of rotatable bonds is 15. The second-order valence-corrected chi connectivity index (χ2v) is 10.9. The number of hydrogen-bond donors (Lipinski definition) is 2. The second-order valence-electron chi connectivity index (χ2n) is 9.11. The molecule has 3 aromatic rings. The van der Waals surface area contributed by atoms with E-state index in [4.69, 9.17) is 9.47 Å². The van der Waals surface area contributed by atoms with Gasteiger partial charge in [0.1, 0.15) is 11.8 Å². The predicted molar refractivity (Wildman–Crippen MR) is 153 cm³/mol. The molecule has 40 heavy (non-hydrogen) atoms. The fourth-order valence-corrected chi connectivity index (χ4v) is 5.28. The zero-order valence-corrected chi connectivity index (χ0v) is 23.9. The van der Waals surface area contributed by atoms with Crippen LogP contribution in [0.25, 0.3) is 0 Å². The Morgan fingerprint density at radius 1 is 0.900 bits per heavy atom. The Morgan fingerprint density at radius 2 is 1.55 bits per heavy atom. The number of carbonyl (C=O) groups excluding carboxylic acids is 2. The highest BCUT2D eigenvalue weighted by molar-refractivity contribution is 7.89. The average Bonchev–Trinajstić information content (AvgIpc) is 2.97. The van der Waals surface area contributed by atoms with Crippen LogP contribution < -0.4 is 14.8 Å². The van der Waals surface area contributed by atoms with E-state index in [0.717, 1.165) is 11.1 Å². The zero-order chi connectivity index (χ0) is 29.0. The molecular weight excluding hydrogens is 530 g/mol. The first-order chi connectivity index (χ1) is 19.3. The molecule has 0 aliphatic heterocycles. The van der Waals surface area contributed by atoms with Gasteiger partial charge in [-0.25, -0.2) is 13.1 Å². The van der Waals surface area contributed by atoms with Gasteiger partial charge in [-0.1, -0.05) is 61.5 Å². The molecule has 0 saturated heterocycles. The van der Waals surface area contributed by atoms with Crippen LogP contribution in [0.1, 0.15) is 36.1 Å². The minimum atomic E-state index is -3.56. The van der Waals surface area contributed by atoms with E-state index in [1.807, 2.05) is 54.6 Å². The molecular formula is C30H37N3O6S. The van der Waals surface area contributed by atoms with Crippen LogP contribution in [0.15, 0.2) is 83.8 Å². The molecule has 0 bridgehead atoms. The summed E-state index contributed by atoms with van der Waals surface area (Å²) >= 11 is 0. The highest BCUT2D eigenvalue weighted by Gasteiger charge is 2.31. The minimum Gasteiger partial charge on any atom is -0.497 e. The van der Waals surface area contributed by atoms with Crippen LogP contribution in [0.2, 0.25) is 0 Å². The van der Waals surface area contributed by atoms with Crippen LogP contribution in [-0.4, -0.2) is 59.0 Å². The van der Waals surface area contributed by atoms with Crippen molar-refractivity contribution in [1.82, 2.24) is 14.9 Å². The van der Waals surface area contributed by atoms with Crippen molar-refractivity contribution >= 4 is 21.8 Å². The first kappa shape index (κ1) is 30.8. The van der Waals surface area contributed by atoms with Crippen molar-refractivity contribution in [2.24, 2.45) is 0 Å². The summed E-state index contributed by atoms with van der Waals surface area (Å²) < 4.78 is 37.3. The smallest absolute Gasteiger partial charge is 0.247 e. The van der Waals surface area contributed by atoms with E-state index in [1.165, 1.54) is 12.1 Å². The Morgan fingerprint density at radius 3 is 2.15 bits per heavy atom. The first-order valence-electron chi connectivity index (χ1n) is 13.1. The third-order valence-corrected chi connectivity index (χ3v) is 7.87. The lowest BCUT2D eigenvalue weighted by Gasteiger charge is -2.32. The van der Waals surface area contributed by atoms with Crippen molar-refractivity contribution in [3.8, 4) is 5.75 Å². The van der Waals surface area contributed by atoms with Gasteiger partial charge < -0.3 is 19.7 Å². The number of amides is 2. The van der Waals surface area contributed by atoms with Crippen molar-refractivity contribution in [2.75, 3.05) is 33.9 Å². The van der Waals surface area contributed by atoms with Gasteiger partial charge in [0.2, 0.25) is 21.8 Å². The Hall–Kier alpha value is -3.73. The van der Waals surface area contributed by atoms with E-state index in [1.54, 1.807) is 38.2 Å². The summed E-state index contributed by atoms with van der Waals surface area (Å²) in [6.45, 7) is 2.88. The molecule has 0 fully saturated rings. The van der Waals surface area contributed by atoms with E-state index in [2.05, 4.69) is 10.0 Å². The SMILES string of the molecule is CCNS(=O)(=O)c1ccc(CCC(=O)N(Cc2ccc(OC)cc2)C(C(=O)NCCOC)c2ccccc2)cc1. The number of hydrogen-bond acceptors (Lipinski definition) is 6. The van der Waals surface area contributed by atoms with Gasteiger partial charge in [0, 0.05) is 33.2 Å². The van der Waals surface area contributed by atoms with E-state index in [0.29, 0.717) is 37.4 Å². The Labute approximate surface area is 236 Å². The van der Waals surface area contributed by atoms with Crippen molar-refractivity contribution < 1.29 is 27.5 Å². The predicted octanol–water partition coefficient (Wildman–Crippen LogP) is 3.46. The first-order valence-corrected chi connectivity index (χ1v) is 14.6. The van der Waals surface area contributed by atoms with E-state index in [-0.39, 0.29) is 29.7 Å². The topological polar surface area (TPSA) is 114 Å². The fourth-order valence-electron chi connectivity index (χ4n) is 4.24. The molecule has 0 radical (unpaired) electrons. The third kappa shape index (κ3) is 8.64. The lowest BCUT2D eigenvalue weighted by atomic mass is 10.0. The number of carbonyl (C=O) groups is 2. The minimum absolute atomic E-state index is 0.129. The molecule has 0 heterocycles. The highest BCUT2D eigenvalue weighted by Crippen LogP contribution is 2.26. The molecule has 0 aromatic heterocycles. The molecule has 0 aliphatic rings. The van der Waals surface area contributed by atoms with Gasteiger partial charge in [0.05, 0.1) is 18.6 Å². The molecule has 3 rings (SSSR count). The van der Waals surface area contributed by atoms with Crippen LogP contribution in [-0.2, 0) is 37.3 Å². The number of sulfonamides is 1. The highest BCUT2D eigenvalue weighted by atomic mass is 32.2. The summed E-state index contributed by atoms with van der Waals surface area (Å²) in [5.41, 5.74) is 2.35.